The molecule has 3 heterocycles. The predicted molar refractivity (Wildman–Crippen MR) is 92.9 cm³/mol. The molecule has 0 saturated carbocycles. The molecule has 0 N–H and O–H groups in total. The quantitative estimate of drug-likeness (QED) is 0.722. The van der Waals surface area contributed by atoms with Crippen molar-refractivity contribution in [2.75, 3.05) is 13.1 Å². The Bertz CT molecular complexity index is 1020. The Balaban J connectivity index is 1.58. The second-order valence-electron chi connectivity index (χ2n) is 6.44. The topological polar surface area (TPSA) is 79.7 Å². The molecule has 0 bridgehead atoms. The molecule has 0 radical (unpaired) electrons. The van der Waals surface area contributed by atoms with Gasteiger partial charge in [-0.1, -0.05) is 12.1 Å². The SMILES string of the molecule is Cc1cnn(C2CN(Cc3nc4ccccc4c(=O)n3CC#N)C2)c1. The summed E-state index contributed by atoms with van der Waals surface area (Å²) in [5.74, 6) is 0.639. The first-order valence-electron chi connectivity index (χ1n) is 8.24. The van der Waals surface area contributed by atoms with E-state index in [0.29, 0.717) is 29.3 Å². The van der Waals surface area contributed by atoms with Crippen LogP contribution in [0.2, 0.25) is 0 Å². The second-order valence-corrected chi connectivity index (χ2v) is 6.44. The van der Waals surface area contributed by atoms with Gasteiger partial charge in [0, 0.05) is 19.3 Å². The Morgan fingerprint density at radius 1 is 1.32 bits per heavy atom. The van der Waals surface area contributed by atoms with E-state index in [1.54, 1.807) is 6.07 Å². The maximum atomic E-state index is 12.7. The third kappa shape index (κ3) is 2.81. The fourth-order valence-corrected chi connectivity index (χ4v) is 3.24. The molecule has 7 heteroatoms. The first-order valence-corrected chi connectivity index (χ1v) is 8.24. The maximum absolute atomic E-state index is 12.7. The van der Waals surface area contributed by atoms with E-state index in [1.807, 2.05) is 42.2 Å². The smallest absolute Gasteiger partial charge is 0.262 e. The summed E-state index contributed by atoms with van der Waals surface area (Å²) in [5, 5.41) is 14.0. The zero-order valence-electron chi connectivity index (χ0n) is 14.0. The van der Waals surface area contributed by atoms with Gasteiger partial charge in [0.25, 0.3) is 5.56 Å². The molecule has 3 aromatic rings. The Hall–Kier alpha value is -2.98. The van der Waals surface area contributed by atoms with Crippen LogP contribution in [0.5, 0.6) is 0 Å². The van der Waals surface area contributed by atoms with Crippen molar-refractivity contribution in [3.05, 3.63) is 58.4 Å². The summed E-state index contributed by atoms with van der Waals surface area (Å²) in [6, 6.07) is 9.69. The van der Waals surface area contributed by atoms with Crippen LogP contribution in [0.4, 0.5) is 0 Å². The van der Waals surface area contributed by atoms with E-state index in [1.165, 1.54) is 4.57 Å². The minimum Gasteiger partial charge on any atom is -0.292 e. The van der Waals surface area contributed by atoms with Gasteiger partial charge in [-0.05, 0) is 24.6 Å². The molecule has 7 nitrogen and oxygen atoms in total. The molecule has 0 aliphatic carbocycles. The molecule has 4 rings (SSSR count). The monoisotopic (exact) mass is 334 g/mol. The lowest BCUT2D eigenvalue weighted by Gasteiger charge is -2.39. The van der Waals surface area contributed by atoms with Gasteiger partial charge in [-0.3, -0.25) is 18.9 Å². The number of hydrogen-bond donors (Lipinski definition) is 0. The van der Waals surface area contributed by atoms with Gasteiger partial charge in [0.1, 0.15) is 12.4 Å². The van der Waals surface area contributed by atoms with Gasteiger partial charge >= 0.3 is 0 Å². The van der Waals surface area contributed by atoms with Crippen LogP contribution in [0, 0.1) is 18.3 Å². The fourth-order valence-electron chi connectivity index (χ4n) is 3.24. The van der Waals surface area contributed by atoms with Crippen LogP contribution in [0.15, 0.2) is 41.5 Å². The Labute approximate surface area is 144 Å². The fraction of sp³-hybridized carbons (Fsp3) is 0.333. The molecule has 0 unspecified atom stereocenters. The normalized spacial score (nSPS) is 15.2. The number of hydrogen-bond acceptors (Lipinski definition) is 5. The highest BCUT2D eigenvalue weighted by atomic mass is 16.1. The molecule has 1 aromatic carbocycles. The summed E-state index contributed by atoms with van der Waals surface area (Å²) in [7, 11) is 0. The van der Waals surface area contributed by atoms with Crippen molar-refractivity contribution in [3.63, 3.8) is 0 Å². The van der Waals surface area contributed by atoms with E-state index in [-0.39, 0.29) is 12.1 Å². The number of likely N-dealkylation sites (tertiary alicyclic amines) is 1. The second kappa shape index (κ2) is 6.15. The molecule has 1 saturated heterocycles. The molecule has 1 aliphatic heterocycles. The number of fused-ring (bicyclic) bond motifs is 1. The highest BCUT2D eigenvalue weighted by Crippen LogP contribution is 2.22. The minimum atomic E-state index is -0.151. The number of aromatic nitrogens is 4. The summed E-state index contributed by atoms with van der Waals surface area (Å²) in [6.07, 6.45) is 3.90. The Kier molecular flexibility index (Phi) is 3.82. The number of rotatable bonds is 4. The number of nitrogens with zero attached hydrogens (tertiary/aromatic N) is 6. The molecule has 1 fully saturated rings. The molecule has 0 amide bonds. The molecule has 25 heavy (non-hydrogen) atoms. The first kappa shape index (κ1) is 15.5. The van der Waals surface area contributed by atoms with E-state index in [0.717, 1.165) is 18.7 Å². The van der Waals surface area contributed by atoms with Crippen molar-refractivity contribution in [2.45, 2.75) is 26.1 Å². The molecule has 0 atom stereocenters. The van der Waals surface area contributed by atoms with Crippen molar-refractivity contribution < 1.29 is 0 Å². The Morgan fingerprint density at radius 2 is 2.12 bits per heavy atom. The van der Waals surface area contributed by atoms with E-state index in [4.69, 9.17) is 5.26 Å². The first-order chi connectivity index (χ1) is 12.2. The molecule has 126 valence electrons. The molecular formula is C18H18N6O. The van der Waals surface area contributed by atoms with Gasteiger partial charge < -0.3 is 0 Å². The number of para-hydroxylation sites is 1. The van der Waals surface area contributed by atoms with Crippen molar-refractivity contribution in [1.82, 2.24) is 24.2 Å². The van der Waals surface area contributed by atoms with Crippen LogP contribution in [0.3, 0.4) is 0 Å². The molecule has 2 aromatic heterocycles. The van der Waals surface area contributed by atoms with Crippen LogP contribution in [0.25, 0.3) is 10.9 Å². The van der Waals surface area contributed by atoms with Crippen molar-refractivity contribution in [1.29, 1.82) is 5.26 Å². The van der Waals surface area contributed by atoms with Gasteiger partial charge in [-0.15, -0.1) is 0 Å². The third-order valence-electron chi connectivity index (χ3n) is 4.58. The predicted octanol–water partition coefficient (Wildman–Crippen LogP) is 1.48. The van der Waals surface area contributed by atoms with Gasteiger partial charge in [0.15, 0.2) is 0 Å². The average Bonchev–Trinajstić information content (AvgIpc) is 2.99. The Morgan fingerprint density at radius 3 is 2.84 bits per heavy atom. The van der Waals surface area contributed by atoms with Gasteiger partial charge in [-0.25, -0.2) is 4.98 Å². The highest BCUT2D eigenvalue weighted by molar-refractivity contribution is 5.77. The summed E-state index contributed by atoms with van der Waals surface area (Å²) in [6.45, 7) is 4.31. The van der Waals surface area contributed by atoms with E-state index in [9.17, 15) is 4.79 Å². The third-order valence-corrected chi connectivity index (χ3v) is 4.58. The van der Waals surface area contributed by atoms with Gasteiger partial charge in [-0.2, -0.15) is 10.4 Å². The van der Waals surface area contributed by atoms with Crippen molar-refractivity contribution in [3.8, 4) is 6.07 Å². The van der Waals surface area contributed by atoms with Gasteiger partial charge in [0.05, 0.1) is 35.8 Å². The van der Waals surface area contributed by atoms with Crippen LogP contribution in [-0.2, 0) is 13.1 Å². The summed E-state index contributed by atoms with van der Waals surface area (Å²) in [5.41, 5.74) is 1.68. The standard InChI is InChI=1S/C18H18N6O/c1-13-8-20-24(9-13)14-10-22(11-14)12-17-21-16-5-3-2-4-15(16)18(25)23(17)7-6-19/h2-5,8-9,14H,7,10-12H2,1H3. The number of nitriles is 1. The van der Waals surface area contributed by atoms with Crippen LogP contribution in [-0.4, -0.2) is 37.3 Å². The van der Waals surface area contributed by atoms with E-state index < -0.39 is 0 Å². The summed E-state index contributed by atoms with van der Waals surface area (Å²) in [4.78, 5) is 19.5. The highest BCUT2D eigenvalue weighted by Gasteiger charge is 2.29. The zero-order chi connectivity index (χ0) is 17.4. The summed E-state index contributed by atoms with van der Waals surface area (Å²) < 4.78 is 3.47. The van der Waals surface area contributed by atoms with Gasteiger partial charge in [0.2, 0.25) is 0 Å². The van der Waals surface area contributed by atoms with Crippen LogP contribution in [0.1, 0.15) is 17.4 Å². The molecular weight excluding hydrogens is 316 g/mol. The maximum Gasteiger partial charge on any atom is 0.262 e. The minimum absolute atomic E-state index is 0.0155. The number of aryl methyl sites for hydroxylation is 1. The lowest BCUT2D eigenvalue weighted by atomic mass is 10.1. The lowest BCUT2D eigenvalue weighted by Crippen LogP contribution is -2.48. The summed E-state index contributed by atoms with van der Waals surface area (Å²) >= 11 is 0. The van der Waals surface area contributed by atoms with E-state index in [2.05, 4.69) is 21.1 Å². The molecule has 0 spiro atoms. The average molecular weight is 334 g/mol. The lowest BCUT2D eigenvalue weighted by molar-refractivity contribution is 0.0866. The number of benzene rings is 1. The largest absolute Gasteiger partial charge is 0.292 e. The van der Waals surface area contributed by atoms with Crippen molar-refractivity contribution >= 4 is 10.9 Å². The van der Waals surface area contributed by atoms with Crippen LogP contribution >= 0.6 is 0 Å². The van der Waals surface area contributed by atoms with E-state index >= 15 is 0 Å². The molecule has 1 aliphatic rings. The van der Waals surface area contributed by atoms with Crippen molar-refractivity contribution in [2.24, 2.45) is 0 Å². The zero-order valence-corrected chi connectivity index (χ0v) is 14.0. The van der Waals surface area contributed by atoms with Crippen LogP contribution < -0.4 is 5.56 Å².